The van der Waals surface area contributed by atoms with Crippen molar-refractivity contribution in [2.45, 2.75) is 25.7 Å². The molecule has 1 aromatic carbocycles. The molecule has 0 saturated carbocycles. The van der Waals surface area contributed by atoms with E-state index in [9.17, 15) is 0 Å². The number of rotatable bonds is 2. The van der Waals surface area contributed by atoms with Gasteiger partial charge in [-0.25, -0.2) is 4.68 Å². The summed E-state index contributed by atoms with van der Waals surface area (Å²) in [4.78, 5) is 0.733. The maximum absolute atomic E-state index is 8.76. The summed E-state index contributed by atoms with van der Waals surface area (Å²) < 4.78 is 1.69. The number of thioether (sulfide) groups is 1. The van der Waals surface area contributed by atoms with Gasteiger partial charge in [0.1, 0.15) is 11.2 Å². The topological polar surface area (TPSA) is 67.6 Å². The van der Waals surface area contributed by atoms with Crippen LogP contribution in [0.1, 0.15) is 16.8 Å². The maximum atomic E-state index is 8.76. The Morgan fingerprint density at radius 2 is 1.83 bits per heavy atom. The van der Waals surface area contributed by atoms with E-state index >= 15 is 0 Å². The van der Waals surface area contributed by atoms with E-state index in [1.54, 1.807) is 4.68 Å². The average molecular weight is 258 g/mol. The van der Waals surface area contributed by atoms with Crippen LogP contribution in [0.3, 0.4) is 0 Å². The zero-order chi connectivity index (χ0) is 13.3. The zero-order valence-electron chi connectivity index (χ0n) is 10.6. The van der Waals surface area contributed by atoms with Crippen molar-refractivity contribution >= 4 is 17.6 Å². The molecule has 0 fully saturated rings. The second kappa shape index (κ2) is 4.75. The predicted octanol–water partition coefficient (Wildman–Crippen LogP) is 2.95. The van der Waals surface area contributed by atoms with E-state index < -0.39 is 0 Å². The molecule has 0 saturated heterocycles. The van der Waals surface area contributed by atoms with Crippen LogP contribution in [-0.2, 0) is 0 Å². The number of nitrogens with two attached hydrogens (primary N) is 1. The second-order valence-electron chi connectivity index (χ2n) is 4.25. The fourth-order valence-corrected chi connectivity index (χ4v) is 2.44. The largest absolute Gasteiger partial charge is 0.383 e. The van der Waals surface area contributed by atoms with E-state index in [4.69, 9.17) is 11.0 Å². The highest BCUT2D eigenvalue weighted by molar-refractivity contribution is 8.03. The molecular formula is C13H14N4S. The first-order chi connectivity index (χ1) is 8.52. The molecule has 18 heavy (non-hydrogen) atoms. The number of thiocyanates is 1. The fourth-order valence-electron chi connectivity index (χ4n) is 1.97. The highest BCUT2D eigenvalue weighted by atomic mass is 32.2. The van der Waals surface area contributed by atoms with Crippen molar-refractivity contribution in [2.75, 3.05) is 5.73 Å². The number of nitriles is 1. The molecule has 92 valence electrons. The van der Waals surface area contributed by atoms with Gasteiger partial charge in [-0.2, -0.15) is 10.4 Å². The van der Waals surface area contributed by atoms with E-state index in [0.717, 1.165) is 39.2 Å². The summed E-state index contributed by atoms with van der Waals surface area (Å²) in [6.07, 6.45) is 0. The summed E-state index contributed by atoms with van der Waals surface area (Å²) in [6, 6.07) is 6.15. The van der Waals surface area contributed by atoms with Gasteiger partial charge >= 0.3 is 0 Å². The van der Waals surface area contributed by atoms with Crippen LogP contribution in [0.2, 0.25) is 0 Å². The molecule has 0 unspecified atom stereocenters. The van der Waals surface area contributed by atoms with Crippen LogP contribution in [0.25, 0.3) is 5.69 Å². The number of nitrogen functional groups attached to an aromatic ring is 1. The van der Waals surface area contributed by atoms with E-state index in [0.29, 0.717) is 5.82 Å². The molecule has 0 atom stereocenters. The first kappa shape index (κ1) is 12.5. The van der Waals surface area contributed by atoms with Crippen LogP contribution in [0, 0.1) is 31.4 Å². The average Bonchev–Trinajstić information content (AvgIpc) is 2.56. The molecule has 0 aliphatic carbocycles. The molecule has 0 radical (unpaired) electrons. The number of hydrogen-bond donors (Lipinski definition) is 1. The lowest BCUT2D eigenvalue weighted by Crippen LogP contribution is -2.02. The summed E-state index contributed by atoms with van der Waals surface area (Å²) >= 11 is 1.05. The Morgan fingerprint density at radius 1 is 1.22 bits per heavy atom. The summed E-state index contributed by atoms with van der Waals surface area (Å²) in [6.45, 7) is 5.93. The van der Waals surface area contributed by atoms with Crippen molar-refractivity contribution < 1.29 is 0 Å². The molecule has 2 aromatic rings. The summed E-state index contributed by atoms with van der Waals surface area (Å²) in [5.74, 6) is 0.518. The summed E-state index contributed by atoms with van der Waals surface area (Å²) in [5, 5.41) is 15.2. The van der Waals surface area contributed by atoms with Gasteiger partial charge in [-0.15, -0.1) is 0 Å². The standard InChI is InChI=1S/C13H14N4S/c1-8-4-9(2)6-11(5-8)17-13(15)12(18-7-14)10(3)16-17/h4-6H,15H2,1-3H3. The van der Waals surface area contributed by atoms with Gasteiger partial charge < -0.3 is 5.73 Å². The number of hydrogen-bond acceptors (Lipinski definition) is 4. The third-order valence-corrected chi connectivity index (χ3v) is 3.44. The Balaban J connectivity index is 2.58. The van der Waals surface area contributed by atoms with Gasteiger partial charge in [0.15, 0.2) is 0 Å². The van der Waals surface area contributed by atoms with Crippen molar-refractivity contribution in [1.82, 2.24) is 9.78 Å². The maximum Gasteiger partial charge on any atom is 0.142 e. The molecule has 0 bridgehead atoms. The van der Waals surface area contributed by atoms with Crippen molar-refractivity contribution in [3.05, 3.63) is 35.0 Å². The normalized spacial score (nSPS) is 10.3. The molecule has 4 nitrogen and oxygen atoms in total. The molecule has 2 N–H and O–H groups in total. The Kier molecular flexibility index (Phi) is 3.30. The van der Waals surface area contributed by atoms with Crippen molar-refractivity contribution in [1.29, 1.82) is 5.26 Å². The SMILES string of the molecule is Cc1cc(C)cc(-n2nc(C)c(SC#N)c2N)c1. The lowest BCUT2D eigenvalue weighted by Gasteiger charge is -2.07. The molecule has 1 aromatic heterocycles. The van der Waals surface area contributed by atoms with E-state index in [-0.39, 0.29) is 0 Å². The van der Waals surface area contributed by atoms with Crippen LogP contribution in [-0.4, -0.2) is 9.78 Å². The third kappa shape index (κ3) is 2.20. The van der Waals surface area contributed by atoms with Gasteiger partial charge in [0, 0.05) is 0 Å². The number of anilines is 1. The predicted molar refractivity (Wildman–Crippen MR) is 73.7 cm³/mol. The van der Waals surface area contributed by atoms with Gasteiger partial charge in [-0.3, -0.25) is 0 Å². The number of benzene rings is 1. The third-order valence-electron chi connectivity index (χ3n) is 2.64. The van der Waals surface area contributed by atoms with Gasteiger partial charge in [0.05, 0.1) is 16.3 Å². The molecule has 0 aliphatic heterocycles. The van der Waals surface area contributed by atoms with Crippen LogP contribution < -0.4 is 5.73 Å². The number of nitrogens with zero attached hydrogens (tertiary/aromatic N) is 3. The van der Waals surface area contributed by atoms with Crippen LogP contribution in [0.4, 0.5) is 5.82 Å². The highest BCUT2D eigenvalue weighted by Crippen LogP contribution is 2.30. The number of aromatic nitrogens is 2. The molecular weight excluding hydrogens is 244 g/mol. The van der Waals surface area contributed by atoms with E-state index in [1.165, 1.54) is 0 Å². The van der Waals surface area contributed by atoms with Gasteiger partial charge in [0.25, 0.3) is 0 Å². The first-order valence-electron chi connectivity index (χ1n) is 5.52. The monoisotopic (exact) mass is 258 g/mol. The Bertz CT molecular complexity index is 617. The van der Waals surface area contributed by atoms with Crippen molar-refractivity contribution in [2.24, 2.45) is 0 Å². The second-order valence-corrected chi connectivity index (χ2v) is 5.05. The summed E-state index contributed by atoms with van der Waals surface area (Å²) in [5.41, 5.74) is 10.1. The minimum absolute atomic E-state index is 0.518. The zero-order valence-corrected chi connectivity index (χ0v) is 11.4. The molecule has 0 aliphatic rings. The van der Waals surface area contributed by atoms with Crippen molar-refractivity contribution in [3.8, 4) is 11.1 Å². The molecule has 1 heterocycles. The quantitative estimate of drug-likeness (QED) is 0.664. The van der Waals surface area contributed by atoms with Gasteiger partial charge in [-0.1, -0.05) is 6.07 Å². The van der Waals surface area contributed by atoms with E-state index in [2.05, 4.69) is 11.2 Å². The lowest BCUT2D eigenvalue weighted by atomic mass is 10.1. The van der Waals surface area contributed by atoms with E-state index in [1.807, 2.05) is 38.3 Å². The molecule has 2 rings (SSSR count). The smallest absolute Gasteiger partial charge is 0.142 e. The summed E-state index contributed by atoms with van der Waals surface area (Å²) in [7, 11) is 0. The number of aryl methyl sites for hydroxylation is 3. The Labute approximate surface area is 110 Å². The first-order valence-corrected chi connectivity index (χ1v) is 6.34. The molecule has 5 heteroatoms. The van der Waals surface area contributed by atoms with Gasteiger partial charge in [0.2, 0.25) is 0 Å². The van der Waals surface area contributed by atoms with Crippen LogP contribution in [0.5, 0.6) is 0 Å². The highest BCUT2D eigenvalue weighted by Gasteiger charge is 2.14. The van der Waals surface area contributed by atoms with Crippen LogP contribution >= 0.6 is 11.8 Å². The molecule has 0 spiro atoms. The van der Waals surface area contributed by atoms with Crippen molar-refractivity contribution in [3.63, 3.8) is 0 Å². The Morgan fingerprint density at radius 3 is 2.39 bits per heavy atom. The molecule has 0 amide bonds. The lowest BCUT2D eigenvalue weighted by molar-refractivity contribution is 0.869. The minimum atomic E-state index is 0.518. The van der Waals surface area contributed by atoms with Gasteiger partial charge in [-0.05, 0) is 55.8 Å². The minimum Gasteiger partial charge on any atom is -0.383 e. The van der Waals surface area contributed by atoms with Crippen LogP contribution in [0.15, 0.2) is 23.1 Å². The Hall–Kier alpha value is -1.93. The fraction of sp³-hybridized carbons (Fsp3) is 0.231.